The number of ether oxygens (including phenoxy) is 1. The van der Waals surface area contributed by atoms with Gasteiger partial charge in [-0.25, -0.2) is 18.4 Å². The van der Waals surface area contributed by atoms with Crippen molar-refractivity contribution in [1.29, 1.82) is 0 Å². The van der Waals surface area contributed by atoms with E-state index in [0.29, 0.717) is 17.0 Å². The van der Waals surface area contributed by atoms with Crippen molar-refractivity contribution in [3.63, 3.8) is 0 Å². The zero-order valence-corrected chi connectivity index (χ0v) is 22.4. The number of nitrogens with zero attached hydrogens (tertiary/aromatic N) is 3. The van der Waals surface area contributed by atoms with Gasteiger partial charge in [0.05, 0.1) is 23.8 Å². The zero-order valence-electron chi connectivity index (χ0n) is 21.5. The van der Waals surface area contributed by atoms with E-state index in [2.05, 4.69) is 33.4 Å². The average Bonchev–Trinajstić information content (AvgIpc) is 3.28. The third-order valence-corrected chi connectivity index (χ3v) is 9.43. The predicted molar refractivity (Wildman–Crippen MR) is 146 cm³/mol. The van der Waals surface area contributed by atoms with Gasteiger partial charge in [0.2, 0.25) is 0 Å². The van der Waals surface area contributed by atoms with Crippen molar-refractivity contribution in [2.75, 3.05) is 37.9 Å². The maximum absolute atomic E-state index is 12.1. The van der Waals surface area contributed by atoms with Gasteiger partial charge in [-0.1, -0.05) is 24.3 Å². The summed E-state index contributed by atoms with van der Waals surface area (Å²) in [5.41, 5.74) is 7.43. The fourth-order valence-electron chi connectivity index (χ4n) is 6.24. The third kappa shape index (κ3) is 4.90. The molecule has 0 spiro atoms. The molecule has 3 aromatic rings. The van der Waals surface area contributed by atoms with Gasteiger partial charge in [0.25, 0.3) is 0 Å². The summed E-state index contributed by atoms with van der Waals surface area (Å²) >= 11 is 0. The molecule has 0 radical (unpaired) electrons. The van der Waals surface area contributed by atoms with Crippen molar-refractivity contribution in [2.24, 2.45) is 0 Å². The lowest BCUT2D eigenvalue weighted by molar-refractivity contribution is 0.00791. The van der Waals surface area contributed by atoms with Crippen LogP contribution in [0.25, 0.3) is 22.3 Å². The minimum atomic E-state index is -3.24. The Bertz CT molecular complexity index is 1430. The highest BCUT2D eigenvalue weighted by Crippen LogP contribution is 2.42. The SMILES string of the molecule is Cc1cc(-c2ccc3c(c2)-c2c(ncnc2NC2CCC(N4CCOCC4)CC2)C3)ccc1S(C)(=O)=O. The van der Waals surface area contributed by atoms with E-state index in [-0.39, 0.29) is 0 Å². The Morgan fingerprint density at radius 3 is 2.43 bits per heavy atom. The minimum Gasteiger partial charge on any atom is -0.379 e. The van der Waals surface area contributed by atoms with Crippen LogP contribution >= 0.6 is 0 Å². The van der Waals surface area contributed by atoms with Crippen LogP contribution in [0.5, 0.6) is 0 Å². The van der Waals surface area contributed by atoms with Crippen LogP contribution in [0.1, 0.15) is 42.5 Å². The summed E-state index contributed by atoms with van der Waals surface area (Å²) in [7, 11) is -3.24. The first-order valence-electron chi connectivity index (χ1n) is 13.2. The molecule has 8 heteroatoms. The predicted octanol–water partition coefficient (Wildman–Crippen LogP) is 4.48. The van der Waals surface area contributed by atoms with Crippen molar-refractivity contribution in [1.82, 2.24) is 14.9 Å². The molecule has 0 unspecified atom stereocenters. The number of morpholine rings is 1. The van der Waals surface area contributed by atoms with E-state index < -0.39 is 9.84 Å². The number of rotatable bonds is 5. The molecule has 0 bridgehead atoms. The van der Waals surface area contributed by atoms with Gasteiger partial charge in [-0.15, -0.1) is 0 Å². The maximum atomic E-state index is 12.1. The van der Waals surface area contributed by atoms with Crippen LogP contribution in [0.15, 0.2) is 47.6 Å². The molecule has 1 saturated carbocycles. The summed E-state index contributed by atoms with van der Waals surface area (Å²) in [5.74, 6) is 0.930. The molecule has 1 aliphatic heterocycles. The van der Waals surface area contributed by atoms with Crippen LogP contribution in [-0.4, -0.2) is 67.9 Å². The topological polar surface area (TPSA) is 84.4 Å². The third-order valence-electron chi connectivity index (χ3n) is 8.17. The van der Waals surface area contributed by atoms with Crippen molar-refractivity contribution < 1.29 is 13.2 Å². The quantitative estimate of drug-likeness (QED) is 0.417. The van der Waals surface area contributed by atoms with Crippen molar-refractivity contribution in [3.8, 4) is 22.3 Å². The van der Waals surface area contributed by atoms with Crippen LogP contribution in [0.3, 0.4) is 0 Å². The molecule has 1 aromatic heterocycles. The Hall–Kier alpha value is -2.81. The Balaban J connectivity index is 1.24. The molecule has 7 nitrogen and oxygen atoms in total. The second-order valence-electron chi connectivity index (χ2n) is 10.6. The molecule has 2 aromatic carbocycles. The standard InChI is InChI=1S/C29H34N4O3S/c1-19-15-20(5-10-27(19)37(2,34)35)21-3-4-22-17-26-28(25(22)16-21)29(31-18-30-26)32-23-6-8-24(9-7-23)33-11-13-36-14-12-33/h3-5,10,15-16,18,23-24H,6-9,11-14,17H2,1-2H3,(H,30,31,32). The molecule has 2 heterocycles. The number of hydrogen-bond donors (Lipinski definition) is 1. The first-order valence-corrected chi connectivity index (χ1v) is 15.1. The number of fused-ring (bicyclic) bond motifs is 3. The molecule has 37 heavy (non-hydrogen) atoms. The maximum Gasteiger partial charge on any atom is 0.175 e. The van der Waals surface area contributed by atoms with Gasteiger partial charge in [0.1, 0.15) is 12.1 Å². The van der Waals surface area contributed by atoms with Gasteiger partial charge in [0.15, 0.2) is 9.84 Å². The van der Waals surface area contributed by atoms with E-state index in [1.165, 1.54) is 30.2 Å². The van der Waals surface area contributed by atoms with Crippen LogP contribution in [0.2, 0.25) is 0 Å². The molecule has 1 N–H and O–H groups in total. The van der Waals surface area contributed by atoms with Gasteiger partial charge in [-0.3, -0.25) is 4.90 Å². The van der Waals surface area contributed by atoms with E-state index in [9.17, 15) is 8.42 Å². The molecule has 194 valence electrons. The molecule has 2 fully saturated rings. The molecular formula is C29H34N4O3S. The van der Waals surface area contributed by atoms with Gasteiger partial charge in [-0.05, 0) is 72.6 Å². The van der Waals surface area contributed by atoms with Gasteiger partial charge >= 0.3 is 0 Å². The second-order valence-corrected chi connectivity index (χ2v) is 12.6. The second kappa shape index (κ2) is 9.82. The van der Waals surface area contributed by atoms with Crippen LogP contribution < -0.4 is 5.32 Å². The van der Waals surface area contributed by atoms with Crippen LogP contribution in [0.4, 0.5) is 5.82 Å². The van der Waals surface area contributed by atoms with Crippen molar-refractivity contribution >= 4 is 15.7 Å². The number of aryl methyl sites for hydroxylation is 1. The fraction of sp³-hybridized carbons (Fsp3) is 0.448. The first-order chi connectivity index (χ1) is 17.9. The molecule has 1 saturated heterocycles. The number of sulfone groups is 1. The molecule has 0 atom stereocenters. The highest BCUT2D eigenvalue weighted by atomic mass is 32.2. The van der Waals surface area contributed by atoms with E-state index in [1.54, 1.807) is 12.4 Å². The Kier molecular flexibility index (Phi) is 6.51. The van der Waals surface area contributed by atoms with Gasteiger partial charge in [-0.2, -0.15) is 0 Å². The lowest BCUT2D eigenvalue weighted by Gasteiger charge is -2.39. The fourth-order valence-corrected chi connectivity index (χ4v) is 7.20. The number of nitrogens with one attached hydrogen (secondary N) is 1. The number of benzene rings is 2. The van der Waals surface area contributed by atoms with Crippen molar-refractivity contribution in [3.05, 3.63) is 59.5 Å². The van der Waals surface area contributed by atoms with Gasteiger partial charge < -0.3 is 10.1 Å². The lowest BCUT2D eigenvalue weighted by Crippen LogP contribution is -2.46. The highest BCUT2D eigenvalue weighted by molar-refractivity contribution is 7.90. The van der Waals surface area contributed by atoms with E-state index in [0.717, 1.165) is 79.3 Å². The number of aromatic nitrogens is 2. The summed E-state index contributed by atoms with van der Waals surface area (Å²) in [5, 5.41) is 3.78. The molecule has 2 aliphatic carbocycles. The molecule has 6 rings (SSSR count). The van der Waals surface area contributed by atoms with E-state index >= 15 is 0 Å². The Morgan fingerprint density at radius 1 is 0.973 bits per heavy atom. The first kappa shape index (κ1) is 24.5. The van der Waals surface area contributed by atoms with E-state index in [1.807, 2.05) is 19.1 Å². The summed E-state index contributed by atoms with van der Waals surface area (Å²) in [6.07, 6.45) is 8.42. The van der Waals surface area contributed by atoms with E-state index in [4.69, 9.17) is 9.72 Å². The normalized spacial score (nSPS) is 21.9. The smallest absolute Gasteiger partial charge is 0.175 e. The zero-order chi connectivity index (χ0) is 25.6. The highest BCUT2D eigenvalue weighted by Gasteiger charge is 2.29. The summed E-state index contributed by atoms with van der Waals surface area (Å²) in [6.45, 7) is 5.67. The Morgan fingerprint density at radius 2 is 1.70 bits per heavy atom. The average molecular weight is 519 g/mol. The Labute approximate surface area is 219 Å². The monoisotopic (exact) mass is 518 g/mol. The lowest BCUT2D eigenvalue weighted by atomic mass is 9.89. The van der Waals surface area contributed by atoms with Crippen LogP contribution in [0, 0.1) is 6.92 Å². The summed E-state index contributed by atoms with van der Waals surface area (Å²) in [6, 6.07) is 13.1. The molecule has 3 aliphatic rings. The van der Waals surface area contributed by atoms with Crippen LogP contribution in [-0.2, 0) is 21.0 Å². The van der Waals surface area contributed by atoms with Crippen molar-refractivity contribution in [2.45, 2.75) is 56.0 Å². The van der Waals surface area contributed by atoms with Gasteiger partial charge in [0, 0.05) is 43.4 Å². The number of hydrogen-bond acceptors (Lipinski definition) is 7. The molecular weight excluding hydrogens is 484 g/mol. The largest absolute Gasteiger partial charge is 0.379 e. The molecule has 0 amide bonds. The number of anilines is 1. The summed E-state index contributed by atoms with van der Waals surface area (Å²) in [4.78, 5) is 12.3. The summed E-state index contributed by atoms with van der Waals surface area (Å²) < 4.78 is 29.7. The minimum absolute atomic E-state index is 0.381.